The zero-order chi connectivity index (χ0) is 12.8. The highest BCUT2D eigenvalue weighted by molar-refractivity contribution is 5.44. The maximum Gasteiger partial charge on any atom is 0.147 e. The summed E-state index contributed by atoms with van der Waals surface area (Å²) in [6.07, 6.45) is 9.19. The highest BCUT2D eigenvalue weighted by Crippen LogP contribution is 2.66. The Kier molecular flexibility index (Phi) is 2.64. The predicted octanol–water partition coefficient (Wildman–Crippen LogP) is 2.75. The Morgan fingerprint density at radius 3 is 2.63 bits per heavy atom. The van der Waals surface area contributed by atoms with Crippen LogP contribution in [0.15, 0.2) is 12.4 Å². The van der Waals surface area contributed by atoms with Gasteiger partial charge in [0, 0.05) is 12.6 Å². The lowest BCUT2D eigenvalue weighted by molar-refractivity contribution is 0.456. The van der Waals surface area contributed by atoms with Crippen molar-refractivity contribution in [3.63, 3.8) is 0 Å². The normalized spacial score (nSPS) is 38.1. The van der Waals surface area contributed by atoms with Gasteiger partial charge < -0.3 is 10.6 Å². The molecule has 1 aromatic heterocycles. The Balaban J connectivity index is 1.41. The number of nitrogens with zero attached hydrogens (tertiary/aromatic N) is 2. The molecule has 0 amide bonds. The fourth-order valence-electron chi connectivity index (χ4n) is 4.46. The lowest BCUT2D eigenvalue weighted by Gasteiger charge is -2.12. The molecule has 2 N–H and O–H groups in total. The van der Waals surface area contributed by atoms with E-state index in [2.05, 4.69) is 27.5 Å². The SMILES string of the molecule is CCCNc1cncc(NC2C3C4CCC(C4)C23)n1. The van der Waals surface area contributed by atoms with Crippen LogP contribution in [0, 0.1) is 23.7 Å². The second kappa shape index (κ2) is 4.36. The highest BCUT2D eigenvalue weighted by atomic mass is 15.1. The molecule has 3 fully saturated rings. The lowest BCUT2D eigenvalue weighted by Crippen LogP contribution is -2.14. The third-order valence-corrected chi connectivity index (χ3v) is 5.24. The molecule has 4 heteroatoms. The van der Waals surface area contributed by atoms with Gasteiger partial charge in [0.05, 0.1) is 12.4 Å². The Morgan fingerprint density at radius 2 is 1.89 bits per heavy atom. The average Bonchev–Trinajstić information content (AvgIpc) is 2.84. The van der Waals surface area contributed by atoms with Crippen LogP contribution < -0.4 is 10.6 Å². The lowest BCUT2D eigenvalue weighted by atomic mass is 10.0. The van der Waals surface area contributed by atoms with E-state index in [4.69, 9.17) is 0 Å². The Morgan fingerprint density at radius 1 is 1.16 bits per heavy atom. The molecule has 4 unspecified atom stereocenters. The zero-order valence-corrected chi connectivity index (χ0v) is 11.5. The average molecular weight is 258 g/mol. The predicted molar refractivity (Wildman–Crippen MR) is 76.0 cm³/mol. The van der Waals surface area contributed by atoms with Crippen LogP contribution in [0.4, 0.5) is 11.6 Å². The van der Waals surface area contributed by atoms with Crippen molar-refractivity contribution in [2.24, 2.45) is 23.7 Å². The maximum absolute atomic E-state index is 4.60. The monoisotopic (exact) mass is 258 g/mol. The smallest absolute Gasteiger partial charge is 0.147 e. The molecule has 1 aromatic rings. The molecule has 3 aliphatic rings. The molecule has 0 saturated heterocycles. The topological polar surface area (TPSA) is 49.8 Å². The van der Waals surface area contributed by atoms with Gasteiger partial charge in [-0.3, -0.25) is 4.98 Å². The third-order valence-electron chi connectivity index (χ3n) is 5.24. The van der Waals surface area contributed by atoms with Crippen LogP contribution in [0.5, 0.6) is 0 Å². The first-order valence-electron chi connectivity index (χ1n) is 7.69. The fraction of sp³-hybridized carbons (Fsp3) is 0.733. The molecule has 2 bridgehead atoms. The fourth-order valence-corrected chi connectivity index (χ4v) is 4.46. The number of nitrogens with one attached hydrogen (secondary N) is 2. The quantitative estimate of drug-likeness (QED) is 0.852. The van der Waals surface area contributed by atoms with Crippen molar-refractivity contribution >= 4 is 11.6 Å². The van der Waals surface area contributed by atoms with Gasteiger partial charge >= 0.3 is 0 Å². The van der Waals surface area contributed by atoms with Crippen molar-refractivity contribution in [1.82, 2.24) is 9.97 Å². The van der Waals surface area contributed by atoms with Gasteiger partial charge in [0.2, 0.25) is 0 Å². The molecule has 102 valence electrons. The summed E-state index contributed by atoms with van der Waals surface area (Å²) in [4.78, 5) is 8.88. The van der Waals surface area contributed by atoms with Crippen molar-refractivity contribution in [1.29, 1.82) is 0 Å². The van der Waals surface area contributed by atoms with E-state index in [0.717, 1.165) is 48.3 Å². The first-order chi connectivity index (χ1) is 9.36. The second-order valence-electron chi connectivity index (χ2n) is 6.37. The van der Waals surface area contributed by atoms with E-state index in [1.54, 1.807) is 6.20 Å². The van der Waals surface area contributed by atoms with Gasteiger partial charge in [0.1, 0.15) is 11.6 Å². The van der Waals surface area contributed by atoms with Crippen molar-refractivity contribution < 1.29 is 0 Å². The summed E-state index contributed by atoms with van der Waals surface area (Å²) in [7, 11) is 0. The molecule has 0 radical (unpaired) electrons. The number of rotatable bonds is 5. The summed E-state index contributed by atoms with van der Waals surface area (Å²) < 4.78 is 0. The van der Waals surface area contributed by atoms with Crippen LogP contribution in [0.3, 0.4) is 0 Å². The molecule has 3 aliphatic carbocycles. The van der Waals surface area contributed by atoms with Crippen molar-refractivity contribution in [3.8, 4) is 0 Å². The molecular weight excluding hydrogens is 236 g/mol. The summed E-state index contributed by atoms with van der Waals surface area (Å²) in [5, 5.41) is 6.92. The first kappa shape index (κ1) is 11.5. The van der Waals surface area contributed by atoms with E-state index in [9.17, 15) is 0 Å². The molecule has 0 aliphatic heterocycles. The number of hydrogen-bond acceptors (Lipinski definition) is 4. The van der Waals surface area contributed by atoms with E-state index in [1.807, 2.05) is 6.20 Å². The van der Waals surface area contributed by atoms with Gasteiger partial charge in [0.15, 0.2) is 0 Å². The number of fused-ring (bicyclic) bond motifs is 5. The summed E-state index contributed by atoms with van der Waals surface area (Å²) >= 11 is 0. The van der Waals surface area contributed by atoms with Gasteiger partial charge in [-0.1, -0.05) is 6.92 Å². The molecule has 3 saturated carbocycles. The maximum atomic E-state index is 4.60. The van der Waals surface area contributed by atoms with Gasteiger partial charge in [-0.2, -0.15) is 0 Å². The molecule has 0 aromatic carbocycles. The van der Waals surface area contributed by atoms with Crippen LogP contribution in [0.1, 0.15) is 32.6 Å². The largest absolute Gasteiger partial charge is 0.369 e. The van der Waals surface area contributed by atoms with E-state index in [-0.39, 0.29) is 0 Å². The van der Waals surface area contributed by atoms with Gasteiger partial charge in [0.25, 0.3) is 0 Å². The summed E-state index contributed by atoms with van der Waals surface area (Å²) in [6.45, 7) is 3.11. The van der Waals surface area contributed by atoms with Crippen molar-refractivity contribution in [2.45, 2.75) is 38.6 Å². The van der Waals surface area contributed by atoms with Crippen LogP contribution in [-0.2, 0) is 0 Å². The molecule has 1 heterocycles. The second-order valence-corrected chi connectivity index (χ2v) is 6.37. The van der Waals surface area contributed by atoms with E-state index >= 15 is 0 Å². The Hall–Kier alpha value is -1.32. The van der Waals surface area contributed by atoms with E-state index in [1.165, 1.54) is 19.3 Å². The first-order valence-corrected chi connectivity index (χ1v) is 7.69. The molecule has 0 spiro atoms. The zero-order valence-electron chi connectivity index (χ0n) is 11.5. The minimum Gasteiger partial charge on any atom is -0.369 e. The molecule has 4 atom stereocenters. The van der Waals surface area contributed by atoms with Crippen LogP contribution in [0.25, 0.3) is 0 Å². The Bertz CT molecular complexity index is 459. The minimum absolute atomic E-state index is 0.682. The van der Waals surface area contributed by atoms with Crippen LogP contribution in [-0.4, -0.2) is 22.6 Å². The Labute approximate surface area is 114 Å². The third kappa shape index (κ3) is 1.88. The number of anilines is 2. The summed E-state index contributed by atoms with van der Waals surface area (Å²) in [5.41, 5.74) is 0. The molecule has 4 rings (SSSR count). The molecule has 4 nitrogen and oxygen atoms in total. The number of aromatic nitrogens is 2. The van der Waals surface area contributed by atoms with Gasteiger partial charge in [-0.25, -0.2) is 4.98 Å². The van der Waals surface area contributed by atoms with E-state index in [0.29, 0.717) is 6.04 Å². The van der Waals surface area contributed by atoms with E-state index < -0.39 is 0 Å². The van der Waals surface area contributed by atoms with Crippen LogP contribution >= 0.6 is 0 Å². The highest BCUT2D eigenvalue weighted by Gasteiger charge is 2.65. The van der Waals surface area contributed by atoms with Gasteiger partial charge in [-0.05, 0) is 49.4 Å². The summed E-state index contributed by atoms with van der Waals surface area (Å²) in [5.74, 6) is 5.71. The minimum atomic E-state index is 0.682. The molecule has 19 heavy (non-hydrogen) atoms. The van der Waals surface area contributed by atoms with Crippen molar-refractivity contribution in [3.05, 3.63) is 12.4 Å². The van der Waals surface area contributed by atoms with Crippen LogP contribution in [0.2, 0.25) is 0 Å². The molecular formula is C15H22N4. The van der Waals surface area contributed by atoms with Gasteiger partial charge in [-0.15, -0.1) is 0 Å². The van der Waals surface area contributed by atoms with Crippen molar-refractivity contribution in [2.75, 3.05) is 17.2 Å². The standard InChI is InChI=1S/C15H22N4/c1-2-5-17-11-7-16-8-12(18-11)19-15-13-9-3-4-10(6-9)14(13)15/h7-10,13-15H,2-6H2,1H3,(H2,17,18,19). The number of hydrogen-bond donors (Lipinski definition) is 2. The summed E-state index contributed by atoms with van der Waals surface area (Å²) in [6, 6.07) is 0.682.